The molecule has 1 N–H and O–H groups in total. The van der Waals surface area contributed by atoms with Crippen molar-refractivity contribution in [2.75, 3.05) is 24.9 Å². The van der Waals surface area contributed by atoms with E-state index in [1.165, 1.54) is 19.2 Å². The van der Waals surface area contributed by atoms with Crippen LogP contribution in [0, 0.1) is 5.41 Å². The number of nitrogens with zero attached hydrogens (tertiary/aromatic N) is 2. The van der Waals surface area contributed by atoms with Crippen molar-refractivity contribution in [1.29, 1.82) is 0 Å². The van der Waals surface area contributed by atoms with Crippen LogP contribution in [0.4, 0.5) is 5.82 Å². The Bertz CT molecular complexity index is 355. The molecule has 1 aromatic heterocycles. The molecule has 0 spiro atoms. The molecule has 5 heteroatoms. The quantitative estimate of drug-likeness (QED) is 0.777. The molecule has 1 aliphatic carbocycles. The van der Waals surface area contributed by atoms with Crippen LogP contribution in [0.3, 0.4) is 0 Å². The molecule has 0 radical (unpaired) electrons. The van der Waals surface area contributed by atoms with E-state index in [9.17, 15) is 0 Å². The van der Waals surface area contributed by atoms with Gasteiger partial charge < -0.3 is 10.1 Å². The maximum Gasteiger partial charge on any atom is 0.218 e. The summed E-state index contributed by atoms with van der Waals surface area (Å²) >= 11 is 5.78. The zero-order valence-corrected chi connectivity index (χ0v) is 10.1. The van der Waals surface area contributed by atoms with Crippen molar-refractivity contribution < 1.29 is 4.74 Å². The maximum absolute atomic E-state index is 5.78. The Morgan fingerprint density at radius 3 is 2.94 bits per heavy atom. The fourth-order valence-electron chi connectivity index (χ4n) is 1.72. The van der Waals surface area contributed by atoms with E-state index in [2.05, 4.69) is 15.3 Å². The minimum atomic E-state index is 0.403. The lowest BCUT2D eigenvalue weighted by Gasteiger charge is -2.14. The zero-order chi connectivity index (χ0) is 11.4. The molecule has 1 aromatic rings. The second-order valence-corrected chi connectivity index (χ2v) is 4.62. The van der Waals surface area contributed by atoms with Crippen molar-refractivity contribution in [2.24, 2.45) is 5.41 Å². The van der Waals surface area contributed by atoms with Gasteiger partial charge in [0.05, 0.1) is 7.11 Å². The summed E-state index contributed by atoms with van der Waals surface area (Å²) in [7, 11) is 1.60. The fourth-order valence-corrected chi connectivity index (χ4v) is 2.12. The third kappa shape index (κ3) is 2.76. The van der Waals surface area contributed by atoms with Crippen molar-refractivity contribution in [1.82, 2.24) is 9.97 Å². The first-order chi connectivity index (χ1) is 7.78. The average Bonchev–Trinajstić information content (AvgIpc) is 3.08. The molecule has 0 aromatic carbocycles. The molecule has 88 valence electrons. The van der Waals surface area contributed by atoms with Crippen LogP contribution in [0.1, 0.15) is 19.3 Å². The average molecular weight is 242 g/mol. The molecule has 0 aliphatic heterocycles. The number of hydrogen-bond donors (Lipinski definition) is 1. The van der Waals surface area contributed by atoms with Crippen LogP contribution >= 0.6 is 11.6 Å². The Kier molecular flexibility index (Phi) is 3.49. The zero-order valence-electron chi connectivity index (χ0n) is 9.37. The lowest BCUT2D eigenvalue weighted by Crippen LogP contribution is -2.16. The van der Waals surface area contributed by atoms with Gasteiger partial charge in [-0.15, -0.1) is 11.6 Å². The van der Waals surface area contributed by atoms with Crippen molar-refractivity contribution in [3.8, 4) is 5.88 Å². The molecule has 0 amide bonds. The third-order valence-electron chi connectivity index (χ3n) is 3.08. The molecule has 16 heavy (non-hydrogen) atoms. The van der Waals surface area contributed by atoms with Crippen molar-refractivity contribution in [2.45, 2.75) is 19.3 Å². The van der Waals surface area contributed by atoms with Gasteiger partial charge in [-0.1, -0.05) is 0 Å². The highest BCUT2D eigenvalue weighted by molar-refractivity contribution is 6.17. The summed E-state index contributed by atoms with van der Waals surface area (Å²) in [6, 6.07) is 1.80. The van der Waals surface area contributed by atoms with Crippen molar-refractivity contribution >= 4 is 17.4 Å². The normalized spacial score (nSPS) is 16.9. The van der Waals surface area contributed by atoms with E-state index in [1.54, 1.807) is 13.2 Å². The highest BCUT2D eigenvalue weighted by atomic mass is 35.5. The van der Waals surface area contributed by atoms with Gasteiger partial charge in [0.2, 0.25) is 5.88 Å². The first kappa shape index (κ1) is 11.5. The number of halogens is 1. The molecule has 1 aliphatic rings. The Balaban J connectivity index is 1.89. The smallest absolute Gasteiger partial charge is 0.218 e. The maximum atomic E-state index is 5.78. The summed E-state index contributed by atoms with van der Waals surface area (Å²) in [5.74, 6) is 2.13. The Morgan fingerprint density at radius 1 is 1.50 bits per heavy atom. The Labute approximate surface area is 100 Å². The molecule has 1 fully saturated rings. The SMILES string of the molecule is COc1cc(NCC2(CCCl)CC2)ncn1. The number of hydrogen-bond acceptors (Lipinski definition) is 4. The molecule has 4 nitrogen and oxygen atoms in total. The van der Waals surface area contributed by atoms with Gasteiger partial charge in [-0.2, -0.15) is 0 Å². The standard InChI is InChI=1S/C11H16ClN3O/c1-16-10-6-9(14-8-15-10)13-7-11(2-3-11)4-5-12/h6,8H,2-5,7H2,1H3,(H,13,14,15). The van der Waals surface area contributed by atoms with E-state index in [-0.39, 0.29) is 0 Å². The number of rotatable bonds is 6. The number of aromatic nitrogens is 2. The molecule has 2 rings (SSSR count). The van der Waals surface area contributed by atoms with Gasteiger partial charge in [0.1, 0.15) is 12.1 Å². The van der Waals surface area contributed by atoms with E-state index in [1.807, 2.05) is 0 Å². The lowest BCUT2D eigenvalue weighted by atomic mass is 10.0. The van der Waals surface area contributed by atoms with Crippen molar-refractivity contribution in [3.63, 3.8) is 0 Å². The summed E-state index contributed by atoms with van der Waals surface area (Å²) in [6.07, 6.45) is 5.09. The molecule has 0 saturated heterocycles. The number of methoxy groups -OCH3 is 1. The van der Waals surface area contributed by atoms with Crippen LogP contribution < -0.4 is 10.1 Å². The van der Waals surface area contributed by atoms with E-state index in [0.717, 1.165) is 24.7 Å². The second-order valence-electron chi connectivity index (χ2n) is 4.24. The van der Waals surface area contributed by atoms with Gasteiger partial charge in [0, 0.05) is 18.5 Å². The second kappa shape index (κ2) is 4.87. The lowest BCUT2D eigenvalue weighted by molar-refractivity contribution is 0.397. The molecule has 0 atom stereocenters. The Hall–Kier alpha value is -1.03. The predicted molar refractivity (Wildman–Crippen MR) is 64.1 cm³/mol. The monoisotopic (exact) mass is 241 g/mol. The highest BCUT2D eigenvalue weighted by Crippen LogP contribution is 2.48. The van der Waals surface area contributed by atoms with Gasteiger partial charge in [-0.25, -0.2) is 9.97 Å². The summed E-state index contributed by atoms with van der Waals surface area (Å²) in [5, 5.41) is 3.32. The first-order valence-electron chi connectivity index (χ1n) is 5.44. The van der Waals surface area contributed by atoms with Gasteiger partial charge in [0.15, 0.2) is 0 Å². The van der Waals surface area contributed by atoms with Crippen LogP contribution in [0.15, 0.2) is 12.4 Å². The van der Waals surface area contributed by atoms with Crippen LogP contribution in [0.25, 0.3) is 0 Å². The number of ether oxygens (including phenoxy) is 1. The molecule has 0 bridgehead atoms. The van der Waals surface area contributed by atoms with Crippen LogP contribution in [-0.4, -0.2) is 29.5 Å². The fraction of sp³-hybridized carbons (Fsp3) is 0.636. The summed E-state index contributed by atoms with van der Waals surface area (Å²) in [5.41, 5.74) is 0.403. The van der Waals surface area contributed by atoms with Crippen LogP contribution in [0.5, 0.6) is 5.88 Å². The minimum Gasteiger partial charge on any atom is -0.481 e. The molecule has 1 heterocycles. The first-order valence-corrected chi connectivity index (χ1v) is 5.97. The number of nitrogens with one attached hydrogen (secondary N) is 1. The minimum absolute atomic E-state index is 0.403. The molecule has 1 saturated carbocycles. The van der Waals surface area contributed by atoms with Gasteiger partial charge in [0.25, 0.3) is 0 Å². The third-order valence-corrected chi connectivity index (χ3v) is 3.27. The molecule has 0 unspecified atom stereocenters. The van der Waals surface area contributed by atoms with Gasteiger partial charge in [-0.05, 0) is 24.7 Å². The summed E-state index contributed by atoms with van der Waals surface area (Å²) in [6.45, 7) is 0.930. The highest BCUT2D eigenvalue weighted by Gasteiger charge is 2.41. The van der Waals surface area contributed by atoms with Crippen LogP contribution in [-0.2, 0) is 0 Å². The topological polar surface area (TPSA) is 47.0 Å². The number of anilines is 1. The Morgan fingerprint density at radius 2 is 2.31 bits per heavy atom. The van der Waals surface area contributed by atoms with E-state index < -0.39 is 0 Å². The van der Waals surface area contributed by atoms with Gasteiger partial charge >= 0.3 is 0 Å². The van der Waals surface area contributed by atoms with Crippen molar-refractivity contribution in [3.05, 3.63) is 12.4 Å². The number of alkyl halides is 1. The van der Waals surface area contributed by atoms with E-state index in [0.29, 0.717) is 11.3 Å². The summed E-state index contributed by atoms with van der Waals surface area (Å²) < 4.78 is 5.04. The van der Waals surface area contributed by atoms with Gasteiger partial charge in [-0.3, -0.25) is 0 Å². The molecular formula is C11H16ClN3O. The van der Waals surface area contributed by atoms with Crippen LogP contribution in [0.2, 0.25) is 0 Å². The summed E-state index contributed by atoms with van der Waals surface area (Å²) in [4.78, 5) is 8.10. The van der Waals surface area contributed by atoms with E-state index >= 15 is 0 Å². The molecular weight excluding hydrogens is 226 g/mol. The van der Waals surface area contributed by atoms with E-state index in [4.69, 9.17) is 16.3 Å². The largest absolute Gasteiger partial charge is 0.481 e. The predicted octanol–water partition coefficient (Wildman–Crippen LogP) is 2.31.